The molecule has 0 amide bonds. The van der Waals surface area contributed by atoms with E-state index in [1.54, 1.807) is 0 Å². The molecule has 0 unspecified atom stereocenters. The maximum atomic E-state index is 2.76. The molecule has 0 fully saturated rings. The van der Waals surface area contributed by atoms with Gasteiger partial charge in [-0.1, -0.05) is 92.4 Å². The summed E-state index contributed by atoms with van der Waals surface area (Å²) < 4.78 is 0. The number of rotatable bonds is 17. The average molecular weight is 326 g/mol. The molecular formula is C22H47N. The molecule has 23 heavy (non-hydrogen) atoms. The van der Waals surface area contributed by atoms with Crippen molar-refractivity contribution in [3.05, 3.63) is 0 Å². The molecule has 0 saturated heterocycles. The van der Waals surface area contributed by atoms with Gasteiger partial charge in [0.15, 0.2) is 0 Å². The van der Waals surface area contributed by atoms with E-state index in [4.69, 9.17) is 0 Å². The van der Waals surface area contributed by atoms with Crippen LogP contribution in [0.2, 0.25) is 0 Å². The van der Waals surface area contributed by atoms with Crippen LogP contribution >= 0.6 is 0 Å². The van der Waals surface area contributed by atoms with Gasteiger partial charge in [-0.25, -0.2) is 0 Å². The Kier molecular flexibility index (Phi) is 16.8. The predicted octanol–water partition coefficient (Wildman–Crippen LogP) is 7.30. The number of unbranched alkanes of at least 4 members (excludes halogenated alkanes) is 7. The molecule has 0 spiro atoms. The van der Waals surface area contributed by atoms with Gasteiger partial charge in [-0.3, -0.25) is 0 Å². The van der Waals surface area contributed by atoms with Crippen LogP contribution in [0.15, 0.2) is 0 Å². The maximum Gasteiger partial charge on any atom is -0.00187 e. The van der Waals surface area contributed by atoms with E-state index >= 15 is 0 Å². The third-order valence-electron chi connectivity index (χ3n) is 4.84. The second-order valence-electron chi connectivity index (χ2n) is 8.39. The third-order valence-corrected chi connectivity index (χ3v) is 4.84. The van der Waals surface area contributed by atoms with E-state index in [-0.39, 0.29) is 0 Å². The fraction of sp³-hybridized carbons (Fsp3) is 1.00. The van der Waals surface area contributed by atoms with Crippen LogP contribution in [-0.2, 0) is 0 Å². The van der Waals surface area contributed by atoms with E-state index < -0.39 is 0 Å². The Morgan fingerprint density at radius 1 is 0.522 bits per heavy atom. The second-order valence-corrected chi connectivity index (χ2v) is 8.39. The van der Waals surface area contributed by atoms with E-state index in [1.807, 2.05) is 0 Å². The summed E-state index contributed by atoms with van der Waals surface area (Å²) in [5.41, 5.74) is 0. The van der Waals surface area contributed by atoms with Crippen LogP contribution < -0.4 is 0 Å². The number of hydrogen-bond acceptors (Lipinski definition) is 1. The molecule has 0 heterocycles. The van der Waals surface area contributed by atoms with Crippen molar-refractivity contribution in [3.8, 4) is 0 Å². The van der Waals surface area contributed by atoms with Gasteiger partial charge in [0.1, 0.15) is 0 Å². The van der Waals surface area contributed by atoms with Crippen LogP contribution in [0, 0.1) is 11.8 Å². The highest BCUT2D eigenvalue weighted by Crippen LogP contribution is 2.12. The highest BCUT2D eigenvalue weighted by atomic mass is 15.1. The van der Waals surface area contributed by atoms with Crippen molar-refractivity contribution in [1.29, 1.82) is 0 Å². The van der Waals surface area contributed by atoms with Gasteiger partial charge in [0.05, 0.1) is 0 Å². The molecule has 0 rings (SSSR count). The van der Waals surface area contributed by atoms with Crippen LogP contribution in [0.1, 0.15) is 112 Å². The van der Waals surface area contributed by atoms with E-state index in [0.717, 1.165) is 11.8 Å². The highest BCUT2D eigenvalue weighted by Gasteiger charge is 2.05. The molecule has 1 nitrogen and oxygen atoms in total. The fourth-order valence-electron chi connectivity index (χ4n) is 3.23. The summed E-state index contributed by atoms with van der Waals surface area (Å²) in [6.45, 7) is 15.7. The minimum atomic E-state index is 0.876. The predicted molar refractivity (Wildman–Crippen MR) is 107 cm³/mol. The molecule has 0 aliphatic heterocycles. The summed E-state index contributed by atoms with van der Waals surface area (Å²) in [4.78, 5) is 2.76. The highest BCUT2D eigenvalue weighted by molar-refractivity contribution is 4.60. The smallest absolute Gasteiger partial charge is 0.00187 e. The molecular weight excluding hydrogens is 278 g/mol. The largest absolute Gasteiger partial charge is 0.303 e. The zero-order chi connectivity index (χ0) is 17.3. The van der Waals surface area contributed by atoms with Gasteiger partial charge in [0.2, 0.25) is 0 Å². The van der Waals surface area contributed by atoms with Crippen LogP contribution in [0.5, 0.6) is 0 Å². The summed E-state index contributed by atoms with van der Waals surface area (Å²) in [6.07, 6.45) is 16.9. The van der Waals surface area contributed by atoms with E-state index in [0.29, 0.717) is 0 Å². The Morgan fingerprint density at radius 2 is 0.913 bits per heavy atom. The molecule has 0 aromatic rings. The normalized spacial score (nSPS) is 12.0. The van der Waals surface area contributed by atoms with Gasteiger partial charge in [0, 0.05) is 0 Å². The van der Waals surface area contributed by atoms with Gasteiger partial charge in [-0.2, -0.15) is 0 Å². The first-order valence-corrected chi connectivity index (χ1v) is 10.8. The lowest BCUT2D eigenvalue weighted by Gasteiger charge is -2.22. The Bertz CT molecular complexity index is 204. The van der Waals surface area contributed by atoms with Crippen molar-refractivity contribution < 1.29 is 0 Å². The number of hydrogen-bond donors (Lipinski definition) is 0. The minimum absolute atomic E-state index is 0.876. The molecule has 0 aliphatic rings. The number of nitrogens with zero attached hydrogens (tertiary/aromatic N) is 1. The molecule has 140 valence electrons. The second kappa shape index (κ2) is 16.8. The molecule has 0 N–H and O–H groups in total. The summed E-state index contributed by atoms with van der Waals surface area (Å²) in [5.74, 6) is 1.75. The summed E-state index contributed by atoms with van der Waals surface area (Å²) in [6, 6.07) is 0. The molecule has 0 aromatic carbocycles. The Balaban J connectivity index is 3.79. The Labute approximate surface area is 148 Å². The zero-order valence-electron chi connectivity index (χ0n) is 17.2. The van der Waals surface area contributed by atoms with Crippen LogP contribution in [0.4, 0.5) is 0 Å². The molecule has 1 heteroatoms. The van der Waals surface area contributed by atoms with Gasteiger partial charge < -0.3 is 4.90 Å². The van der Waals surface area contributed by atoms with Crippen LogP contribution in [-0.4, -0.2) is 24.5 Å². The standard InChI is InChI=1S/C22H47N/c1-6-7-8-13-18-23(19-14-9-11-16-21(2)3)20-15-10-12-17-22(4)5/h21-22H,6-20H2,1-5H3. The van der Waals surface area contributed by atoms with Gasteiger partial charge >= 0.3 is 0 Å². The van der Waals surface area contributed by atoms with Gasteiger partial charge in [-0.05, 0) is 50.7 Å². The summed E-state index contributed by atoms with van der Waals surface area (Å²) in [5, 5.41) is 0. The molecule has 0 bridgehead atoms. The van der Waals surface area contributed by atoms with E-state index in [2.05, 4.69) is 39.5 Å². The topological polar surface area (TPSA) is 3.24 Å². The van der Waals surface area contributed by atoms with Gasteiger partial charge in [-0.15, -0.1) is 0 Å². The van der Waals surface area contributed by atoms with Crippen molar-refractivity contribution in [3.63, 3.8) is 0 Å². The summed E-state index contributed by atoms with van der Waals surface area (Å²) >= 11 is 0. The van der Waals surface area contributed by atoms with Crippen molar-refractivity contribution in [2.24, 2.45) is 11.8 Å². The molecule has 0 aromatic heterocycles. The minimum Gasteiger partial charge on any atom is -0.303 e. The average Bonchev–Trinajstić information content (AvgIpc) is 2.49. The first kappa shape index (κ1) is 23.0. The van der Waals surface area contributed by atoms with Crippen molar-refractivity contribution in [2.75, 3.05) is 19.6 Å². The molecule has 0 saturated carbocycles. The maximum absolute atomic E-state index is 2.76. The van der Waals surface area contributed by atoms with E-state index in [9.17, 15) is 0 Å². The zero-order valence-corrected chi connectivity index (χ0v) is 17.2. The van der Waals surface area contributed by atoms with Crippen molar-refractivity contribution in [2.45, 2.75) is 112 Å². The van der Waals surface area contributed by atoms with Crippen molar-refractivity contribution >= 4 is 0 Å². The fourth-order valence-corrected chi connectivity index (χ4v) is 3.23. The van der Waals surface area contributed by atoms with Crippen LogP contribution in [0.3, 0.4) is 0 Å². The Hall–Kier alpha value is -0.0400. The quantitative estimate of drug-likeness (QED) is 0.253. The Morgan fingerprint density at radius 3 is 1.26 bits per heavy atom. The monoisotopic (exact) mass is 325 g/mol. The van der Waals surface area contributed by atoms with Crippen LogP contribution in [0.25, 0.3) is 0 Å². The lowest BCUT2D eigenvalue weighted by molar-refractivity contribution is 0.253. The lowest BCUT2D eigenvalue weighted by atomic mass is 10.0. The first-order chi connectivity index (χ1) is 11.1. The van der Waals surface area contributed by atoms with Gasteiger partial charge in [0.25, 0.3) is 0 Å². The first-order valence-electron chi connectivity index (χ1n) is 10.8. The van der Waals surface area contributed by atoms with Crippen molar-refractivity contribution in [1.82, 2.24) is 4.90 Å². The summed E-state index contributed by atoms with van der Waals surface area (Å²) in [7, 11) is 0. The lowest BCUT2D eigenvalue weighted by Crippen LogP contribution is -2.27. The third kappa shape index (κ3) is 18.1. The SMILES string of the molecule is CCCCCCN(CCCCCC(C)C)CCCCCC(C)C. The van der Waals surface area contributed by atoms with E-state index in [1.165, 1.54) is 96.7 Å². The molecule has 0 atom stereocenters. The molecule has 0 aliphatic carbocycles. The molecule has 0 radical (unpaired) electrons.